The molecule has 1 aromatic rings. The Balaban J connectivity index is 2.38. The van der Waals surface area contributed by atoms with Crippen molar-refractivity contribution in [3.63, 3.8) is 0 Å². The van der Waals surface area contributed by atoms with Crippen molar-refractivity contribution in [2.45, 2.75) is 36.9 Å². The molecule has 1 unspecified atom stereocenters. The number of nitrogens with zero attached hydrogens (tertiary/aromatic N) is 1. The number of benzene rings is 1. The minimum absolute atomic E-state index is 0.00859. The van der Waals surface area contributed by atoms with E-state index in [9.17, 15) is 21.6 Å². The molecule has 8 heteroatoms. The number of halogens is 4. The normalized spacial score (nSPS) is 18.0. The molecule has 3 nitrogen and oxygen atoms in total. The lowest BCUT2D eigenvalue weighted by Gasteiger charge is -2.29. The molecule has 1 atom stereocenters. The Bertz CT molecular complexity index is 614. The van der Waals surface area contributed by atoms with E-state index < -0.39 is 28.8 Å². The van der Waals surface area contributed by atoms with Gasteiger partial charge in [-0.05, 0) is 43.9 Å². The Morgan fingerprint density at radius 1 is 1.38 bits per heavy atom. The van der Waals surface area contributed by atoms with Crippen LogP contribution in [0.3, 0.4) is 0 Å². The molecule has 0 amide bonds. The SMILES string of the molecule is CC(C1CC1)N(CC(F)(F)F)S(=O)(=O)c1cccc(Br)c1. The molecule has 0 bridgehead atoms. The van der Waals surface area contributed by atoms with Crippen LogP contribution < -0.4 is 0 Å². The largest absolute Gasteiger partial charge is 0.402 e. The molecule has 21 heavy (non-hydrogen) atoms. The first-order chi connectivity index (χ1) is 9.61. The number of rotatable bonds is 5. The van der Waals surface area contributed by atoms with Crippen LogP contribution in [0.2, 0.25) is 0 Å². The summed E-state index contributed by atoms with van der Waals surface area (Å²) in [4.78, 5) is -0.131. The third kappa shape index (κ3) is 4.20. The second kappa shape index (κ2) is 5.89. The molecule has 1 saturated carbocycles. The van der Waals surface area contributed by atoms with E-state index in [4.69, 9.17) is 0 Å². The van der Waals surface area contributed by atoms with E-state index in [2.05, 4.69) is 15.9 Å². The van der Waals surface area contributed by atoms with Gasteiger partial charge in [0.15, 0.2) is 0 Å². The van der Waals surface area contributed by atoms with Crippen LogP contribution in [0.25, 0.3) is 0 Å². The average molecular weight is 386 g/mol. The monoisotopic (exact) mass is 385 g/mol. The van der Waals surface area contributed by atoms with Crippen molar-refractivity contribution in [2.75, 3.05) is 6.54 Å². The average Bonchev–Trinajstić information content (AvgIpc) is 3.18. The van der Waals surface area contributed by atoms with Crippen LogP contribution in [0.15, 0.2) is 33.6 Å². The van der Waals surface area contributed by atoms with Gasteiger partial charge >= 0.3 is 6.18 Å². The molecule has 0 N–H and O–H groups in total. The van der Waals surface area contributed by atoms with Crippen LogP contribution in [0.4, 0.5) is 13.2 Å². The summed E-state index contributed by atoms with van der Waals surface area (Å²) >= 11 is 3.14. The fourth-order valence-corrected chi connectivity index (χ4v) is 4.48. The van der Waals surface area contributed by atoms with Crippen LogP contribution >= 0.6 is 15.9 Å². The smallest absolute Gasteiger partial charge is 0.207 e. The molecule has 0 saturated heterocycles. The summed E-state index contributed by atoms with van der Waals surface area (Å²) in [6.45, 7) is 0.0818. The summed E-state index contributed by atoms with van der Waals surface area (Å²) in [7, 11) is -4.18. The first-order valence-electron chi connectivity index (χ1n) is 6.45. The number of sulfonamides is 1. The quantitative estimate of drug-likeness (QED) is 0.772. The minimum atomic E-state index is -4.57. The second-order valence-corrected chi connectivity index (χ2v) is 8.01. The van der Waals surface area contributed by atoms with Crippen molar-refractivity contribution < 1.29 is 21.6 Å². The van der Waals surface area contributed by atoms with E-state index in [0.717, 1.165) is 12.8 Å². The van der Waals surface area contributed by atoms with Crippen molar-refractivity contribution in [3.05, 3.63) is 28.7 Å². The van der Waals surface area contributed by atoms with Gasteiger partial charge in [0.25, 0.3) is 0 Å². The molecule has 118 valence electrons. The van der Waals surface area contributed by atoms with Crippen molar-refractivity contribution >= 4 is 26.0 Å². The Morgan fingerprint density at radius 3 is 2.48 bits per heavy atom. The van der Waals surface area contributed by atoms with Gasteiger partial charge in [-0.1, -0.05) is 22.0 Å². The van der Waals surface area contributed by atoms with Crippen LogP contribution in [0.1, 0.15) is 19.8 Å². The van der Waals surface area contributed by atoms with Gasteiger partial charge in [0.2, 0.25) is 10.0 Å². The zero-order valence-electron chi connectivity index (χ0n) is 11.3. The van der Waals surface area contributed by atoms with Crippen molar-refractivity contribution in [1.29, 1.82) is 0 Å². The maximum Gasteiger partial charge on any atom is 0.402 e. The third-order valence-corrected chi connectivity index (χ3v) is 5.92. The molecule has 2 rings (SSSR count). The van der Waals surface area contributed by atoms with Gasteiger partial charge in [0, 0.05) is 10.5 Å². The third-order valence-electron chi connectivity index (χ3n) is 3.50. The molecule has 0 radical (unpaired) electrons. The van der Waals surface area contributed by atoms with Crippen LogP contribution in [0, 0.1) is 5.92 Å². The molecule has 1 fully saturated rings. The first kappa shape index (κ1) is 16.8. The zero-order chi connectivity index (χ0) is 15.8. The zero-order valence-corrected chi connectivity index (χ0v) is 13.7. The highest BCUT2D eigenvalue weighted by molar-refractivity contribution is 9.10. The lowest BCUT2D eigenvalue weighted by Crippen LogP contribution is -2.45. The first-order valence-corrected chi connectivity index (χ1v) is 8.69. The number of hydrogen-bond donors (Lipinski definition) is 0. The summed E-state index contributed by atoms with van der Waals surface area (Å²) in [5.74, 6) is 0.00859. The molecule has 1 aromatic carbocycles. The molecule has 1 aliphatic carbocycles. The lowest BCUT2D eigenvalue weighted by atomic mass is 10.2. The van der Waals surface area contributed by atoms with Crippen LogP contribution in [-0.2, 0) is 10.0 Å². The molecular formula is C13H15BrF3NO2S. The summed E-state index contributed by atoms with van der Waals surface area (Å²) in [6.07, 6.45) is -3.03. The summed E-state index contributed by atoms with van der Waals surface area (Å²) < 4.78 is 64.4. The maximum atomic E-state index is 12.8. The van der Waals surface area contributed by atoms with Crippen molar-refractivity contribution in [1.82, 2.24) is 4.31 Å². The van der Waals surface area contributed by atoms with Gasteiger partial charge in [-0.2, -0.15) is 17.5 Å². The van der Waals surface area contributed by atoms with Gasteiger partial charge in [-0.25, -0.2) is 8.42 Å². The second-order valence-electron chi connectivity index (χ2n) is 5.20. The molecular weight excluding hydrogens is 371 g/mol. The van der Waals surface area contributed by atoms with Gasteiger partial charge in [-0.3, -0.25) is 0 Å². The Morgan fingerprint density at radius 2 is 2.00 bits per heavy atom. The number of hydrogen-bond acceptors (Lipinski definition) is 2. The highest BCUT2D eigenvalue weighted by Gasteiger charge is 2.44. The Hall–Kier alpha value is -0.600. The topological polar surface area (TPSA) is 37.4 Å². The summed E-state index contributed by atoms with van der Waals surface area (Å²) in [5.41, 5.74) is 0. The van der Waals surface area contributed by atoms with Crippen molar-refractivity contribution in [3.8, 4) is 0 Å². The van der Waals surface area contributed by atoms with E-state index in [1.54, 1.807) is 13.0 Å². The standard InChI is InChI=1S/C13H15BrF3NO2S/c1-9(10-5-6-10)18(8-13(15,16)17)21(19,20)12-4-2-3-11(14)7-12/h2-4,7,9-10H,5-6,8H2,1H3. The Kier molecular flexibility index (Phi) is 4.70. The van der Waals surface area contributed by atoms with E-state index in [-0.39, 0.29) is 10.8 Å². The molecule has 0 aromatic heterocycles. The maximum absolute atomic E-state index is 12.8. The van der Waals surface area contributed by atoms with Gasteiger partial charge in [0.05, 0.1) is 4.90 Å². The van der Waals surface area contributed by atoms with Gasteiger partial charge in [-0.15, -0.1) is 0 Å². The summed E-state index contributed by atoms with van der Waals surface area (Å²) in [5, 5.41) is 0. The van der Waals surface area contributed by atoms with E-state index in [1.807, 2.05) is 0 Å². The lowest BCUT2D eigenvalue weighted by molar-refractivity contribution is -0.139. The number of alkyl halides is 3. The predicted molar refractivity (Wildman–Crippen MR) is 76.3 cm³/mol. The van der Waals surface area contributed by atoms with E-state index in [1.165, 1.54) is 18.2 Å². The highest BCUT2D eigenvalue weighted by atomic mass is 79.9. The molecule has 1 aliphatic rings. The van der Waals surface area contributed by atoms with Crippen LogP contribution in [0.5, 0.6) is 0 Å². The molecule has 0 aliphatic heterocycles. The molecule has 0 heterocycles. The fourth-order valence-electron chi connectivity index (χ4n) is 2.20. The highest BCUT2D eigenvalue weighted by Crippen LogP contribution is 2.38. The predicted octanol–water partition coefficient (Wildman–Crippen LogP) is 3.80. The van der Waals surface area contributed by atoms with Crippen LogP contribution in [-0.4, -0.2) is 31.5 Å². The van der Waals surface area contributed by atoms with Gasteiger partial charge < -0.3 is 0 Å². The molecule has 0 spiro atoms. The Labute approximate surface area is 130 Å². The summed E-state index contributed by atoms with van der Waals surface area (Å²) in [6, 6.07) is 5.08. The minimum Gasteiger partial charge on any atom is -0.207 e. The van der Waals surface area contributed by atoms with E-state index >= 15 is 0 Å². The fraction of sp³-hybridized carbons (Fsp3) is 0.538. The van der Waals surface area contributed by atoms with Crippen molar-refractivity contribution in [2.24, 2.45) is 5.92 Å². The van der Waals surface area contributed by atoms with E-state index in [0.29, 0.717) is 8.78 Å². The van der Waals surface area contributed by atoms with Gasteiger partial charge in [0.1, 0.15) is 6.54 Å².